The number of rotatable bonds is 3. The summed E-state index contributed by atoms with van der Waals surface area (Å²) in [5.74, 6) is -0.467. The Labute approximate surface area is 113 Å². The highest BCUT2D eigenvalue weighted by Gasteiger charge is 2.44. The summed E-state index contributed by atoms with van der Waals surface area (Å²) >= 11 is 0. The smallest absolute Gasteiger partial charge is 0.381 e. The van der Waals surface area contributed by atoms with E-state index in [0.29, 0.717) is 25.2 Å². The molecule has 1 saturated heterocycles. The second kappa shape index (κ2) is 6.44. The summed E-state index contributed by atoms with van der Waals surface area (Å²) in [6.45, 7) is 1.50. The first-order valence-electron chi connectivity index (χ1n) is 7.34. The molecule has 1 heterocycles. The Balaban J connectivity index is 1.97. The topological polar surface area (TPSA) is 21.3 Å². The SMILES string of the molecule is CNC(C1CCOCC1)C1CCCC(C(F)(F)F)C1. The number of nitrogens with one attached hydrogen (secondary N) is 1. The Morgan fingerprint density at radius 2 is 1.74 bits per heavy atom. The minimum absolute atomic E-state index is 0.161. The van der Waals surface area contributed by atoms with Gasteiger partial charge in [0.05, 0.1) is 5.92 Å². The van der Waals surface area contributed by atoms with Gasteiger partial charge in [0.25, 0.3) is 0 Å². The first kappa shape index (κ1) is 15.1. The maximum Gasteiger partial charge on any atom is 0.391 e. The third-order valence-electron chi connectivity index (χ3n) is 4.79. The van der Waals surface area contributed by atoms with E-state index in [9.17, 15) is 13.2 Å². The molecule has 1 aliphatic heterocycles. The third kappa shape index (κ3) is 3.85. The van der Waals surface area contributed by atoms with E-state index in [1.165, 1.54) is 0 Å². The molecule has 19 heavy (non-hydrogen) atoms. The molecule has 3 unspecified atom stereocenters. The zero-order valence-corrected chi connectivity index (χ0v) is 11.5. The number of alkyl halides is 3. The van der Waals surface area contributed by atoms with Crippen molar-refractivity contribution < 1.29 is 17.9 Å². The number of halogens is 3. The summed E-state index contributed by atoms with van der Waals surface area (Å²) in [5.41, 5.74) is 0. The lowest BCUT2D eigenvalue weighted by molar-refractivity contribution is -0.187. The fourth-order valence-corrected chi connectivity index (χ4v) is 3.78. The lowest BCUT2D eigenvalue weighted by Gasteiger charge is -2.40. The van der Waals surface area contributed by atoms with Crippen LogP contribution in [0.3, 0.4) is 0 Å². The molecule has 1 N–H and O–H groups in total. The predicted octanol–water partition coefficient (Wildman–Crippen LogP) is 3.37. The van der Waals surface area contributed by atoms with Crippen LogP contribution in [0.1, 0.15) is 38.5 Å². The normalized spacial score (nSPS) is 32.2. The largest absolute Gasteiger partial charge is 0.391 e. The molecule has 0 aromatic heterocycles. The van der Waals surface area contributed by atoms with E-state index in [-0.39, 0.29) is 12.0 Å². The van der Waals surface area contributed by atoms with Gasteiger partial charge in [-0.25, -0.2) is 0 Å². The summed E-state index contributed by atoms with van der Waals surface area (Å²) in [6.07, 6.45) is 0.159. The Morgan fingerprint density at radius 3 is 2.32 bits per heavy atom. The number of ether oxygens (including phenoxy) is 1. The first-order chi connectivity index (χ1) is 9.02. The molecule has 0 spiro atoms. The molecule has 2 rings (SSSR count). The van der Waals surface area contributed by atoms with E-state index in [4.69, 9.17) is 4.74 Å². The van der Waals surface area contributed by atoms with Crippen LogP contribution in [-0.2, 0) is 4.74 Å². The van der Waals surface area contributed by atoms with Crippen molar-refractivity contribution in [2.45, 2.75) is 50.7 Å². The molecule has 2 aliphatic rings. The van der Waals surface area contributed by atoms with Crippen LogP contribution in [-0.4, -0.2) is 32.5 Å². The molecule has 1 saturated carbocycles. The van der Waals surface area contributed by atoms with Crippen LogP contribution >= 0.6 is 0 Å². The molecule has 112 valence electrons. The van der Waals surface area contributed by atoms with Gasteiger partial charge < -0.3 is 10.1 Å². The quantitative estimate of drug-likeness (QED) is 0.855. The van der Waals surface area contributed by atoms with Gasteiger partial charge in [-0.05, 0) is 51.0 Å². The van der Waals surface area contributed by atoms with E-state index >= 15 is 0 Å². The highest BCUT2D eigenvalue weighted by Crippen LogP contribution is 2.42. The van der Waals surface area contributed by atoms with Crippen molar-refractivity contribution in [3.63, 3.8) is 0 Å². The summed E-state index contributed by atoms with van der Waals surface area (Å²) in [6, 6.07) is 0.217. The maximum atomic E-state index is 12.9. The van der Waals surface area contributed by atoms with E-state index < -0.39 is 12.1 Å². The van der Waals surface area contributed by atoms with Gasteiger partial charge in [0.1, 0.15) is 0 Å². The average molecular weight is 279 g/mol. The van der Waals surface area contributed by atoms with Crippen LogP contribution in [0.25, 0.3) is 0 Å². The summed E-state index contributed by atoms with van der Waals surface area (Å²) in [5, 5.41) is 3.29. The molecule has 2 fully saturated rings. The second-order valence-corrected chi connectivity index (χ2v) is 5.93. The highest BCUT2D eigenvalue weighted by atomic mass is 19.4. The van der Waals surface area contributed by atoms with Crippen molar-refractivity contribution in [3.8, 4) is 0 Å². The molecule has 2 nitrogen and oxygen atoms in total. The fraction of sp³-hybridized carbons (Fsp3) is 1.00. The van der Waals surface area contributed by atoms with Crippen molar-refractivity contribution in [3.05, 3.63) is 0 Å². The predicted molar refractivity (Wildman–Crippen MR) is 67.9 cm³/mol. The lowest BCUT2D eigenvalue weighted by atomic mass is 9.72. The Hall–Kier alpha value is -0.290. The van der Waals surface area contributed by atoms with Gasteiger partial charge >= 0.3 is 6.18 Å². The van der Waals surface area contributed by atoms with Crippen LogP contribution in [0.5, 0.6) is 0 Å². The minimum atomic E-state index is -4.02. The van der Waals surface area contributed by atoms with Gasteiger partial charge in [-0.15, -0.1) is 0 Å². The summed E-state index contributed by atoms with van der Waals surface area (Å²) in [7, 11) is 1.89. The highest BCUT2D eigenvalue weighted by molar-refractivity contribution is 4.88. The second-order valence-electron chi connectivity index (χ2n) is 5.93. The van der Waals surface area contributed by atoms with Crippen LogP contribution in [0.4, 0.5) is 13.2 Å². The van der Waals surface area contributed by atoms with Crippen molar-refractivity contribution in [1.29, 1.82) is 0 Å². The average Bonchev–Trinajstić information content (AvgIpc) is 2.40. The standard InChI is InChI=1S/C14H24F3NO/c1-18-13(10-5-7-19-8-6-10)11-3-2-4-12(9-11)14(15,16)17/h10-13,18H,2-9H2,1H3. The maximum absolute atomic E-state index is 12.9. The fourth-order valence-electron chi connectivity index (χ4n) is 3.78. The van der Waals surface area contributed by atoms with Crippen molar-refractivity contribution in [2.24, 2.45) is 17.8 Å². The number of hydrogen-bond acceptors (Lipinski definition) is 2. The van der Waals surface area contributed by atoms with Crippen molar-refractivity contribution in [1.82, 2.24) is 5.32 Å². The number of hydrogen-bond donors (Lipinski definition) is 1. The van der Waals surface area contributed by atoms with Crippen LogP contribution in [0.2, 0.25) is 0 Å². The van der Waals surface area contributed by atoms with E-state index in [1.54, 1.807) is 0 Å². The lowest BCUT2D eigenvalue weighted by Crippen LogP contribution is -2.45. The van der Waals surface area contributed by atoms with Crippen molar-refractivity contribution >= 4 is 0 Å². The van der Waals surface area contributed by atoms with Gasteiger partial charge in [0.2, 0.25) is 0 Å². The molecule has 1 aliphatic carbocycles. The summed E-state index contributed by atoms with van der Waals surface area (Å²) in [4.78, 5) is 0. The molecule has 0 bridgehead atoms. The summed E-state index contributed by atoms with van der Waals surface area (Å²) < 4.78 is 44.0. The molecular formula is C14H24F3NO. The van der Waals surface area contributed by atoms with Crippen LogP contribution in [0, 0.1) is 17.8 Å². The van der Waals surface area contributed by atoms with E-state index in [0.717, 1.165) is 32.5 Å². The third-order valence-corrected chi connectivity index (χ3v) is 4.79. The monoisotopic (exact) mass is 279 g/mol. The Morgan fingerprint density at radius 1 is 1.05 bits per heavy atom. The molecule has 3 atom stereocenters. The molecule has 0 radical (unpaired) electrons. The molecular weight excluding hydrogens is 255 g/mol. The van der Waals surface area contributed by atoms with Gasteiger partial charge in [-0.1, -0.05) is 6.42 Å². The molecule has 0 aromatic carbocycles. The molecule has 0 amide bonds. The van der Waals surface area contributed by atoms with Gasteiger partial charge in [-0.3, -0.25) is 0 Å². The molecule has 5 heteroatoms. The Kier molecular flexibility index (Phi) is 5.12. The van der Waals surface area contributed by atoms with Crippen molar-refractivity contribution in [2.75, 3.05) is 20.3 Å². The molecule has 0 aromatic rings. The zero-order chi connectivity index (χ0) is 13.9. The van der Waals surface area contributed by atoms with Gasteiger partial charge in [-0.2, -0.15) is 13.2 Å². The van der Waals surface area contributed by atoms with E-state index in [2.05, 4.69) is 5.32 Å². The van der Waals surface area contributed by atoms with Crippen LogP contribution in [0.15, 0.2) is 0 Å². The zero-order valence-electron chi connectivity index (χ0n) is 11.5. The van der Waals surface area contributed by atoms with Gasteiger partial charge in [0.15, 0.2) is 0 Å². The Bertz CT molecular complexity index is 276. The van der Waals surface area contributed by atoms with Crippen LogP contribution < -0.4 is 5.32 Å². The first-order valence-corrected chi connectivity index (χ1v) is 7.34. The van der Waals surface area contributed by atoms with Gasteiger partial charge in [0, 0.05) is 19.3 Å². The van der Waals surface area contributed by atoms with E-state index in [1.807, 2.05) is 7.05 Å². The minimum Gasteiger partial charge on any atom is -0.381 e.